The third-order valence-corrected chi connectivity index (χ3v) is 3.50. The van der Waals surface area contributed by atoms with Crippen molar-refractivity contribution in [1.29, 1.82) is 0 Å². The Balaban J connectivity index is 3.03. The molecule has 0 radical (unpaired) electrons. The fourth-order valence-electron chi connectivity index (χ4n) is 1.15. The summed E-state index contributed by atoms with van der Waals surface area (Å²) in [5.41, 5.74) is 5.89. The van der Waals surface area contributed by atoms with Gasteiger partial charge in [0, 0.05) is 11.5 Å². The van der Waals surface area contributed by atoms with Gasteiger partial charge < -0.3 is 5.73 Å². The molecule has 1 aromatic carbocycles. The molecule has 0 heterocycles. The van der Waals surface area contributed by atoms with Crippen LogP contribution in [0.15, 0.2) is 40.6 Å². The third kappa shape index (κ3) is 3.20. The number of amides is 1. The fraction of sp³-hybridized carbons (Fsp3) is 0.182. The lowest BCUT2D eigenvalue weighted by atomic mass is 10.2. The van der Waals surface area contributed by atoms with Gasteiger partial charge in [-0.05, 0) is 24.1 Å². The second kappa shape index (κ2) is 4.94. The largest absolute Gasteiger partial charge is 0.366 e. The zero-order chi connectivity index (χ0) is 12.2. The summed E-state index contributed by atoms with van der Waals surface area (Å²) in [7, 11) is -3.56. The van der Waals surface area contributed by atoms with Crippen molar-refractivity contribution in [3.05, 3.63) is 41.3 Å². The Morgan fingerprint density at radius 3 is 2.31 bits per heavy atom. The number of hydrogen-bond acceptors (Lipinski definition) is 3. The molecule has 0 aliphatic heterocycles. The Morgan fingerprint density at radius 2 is 1.88 bits per heavy atom. The van der Waals surface area contributed by atoms with Gasteiger partial charge in [0.05, 0.1) is 4.90 Å². The summed E-state index contributed by atoms with van der Waals surface area (Å²) in [6.07, 6.45) is 1.68. The van der Waals surface area contributed by atoms with Crippen molar-refractivity contribution in [1.82, 2.24) is 0 Å². The molecule has 0 saturated carbocycles. The van der Waals surface area contributed by atoms with Crippen molar-refractivity contribution < 1.29 is 13.2 Å². The molecule has 16 heavy (non-hydrogen) atoms. The monoisotopic (exact) mass is 239 g/mol. The highest BCUT2D eigenvalue weighted by Gasteiger charge is 2.09. The van der Waals surface area contributed by atoms with Gasteiger partial charge in [0.1, 0.15) is 0 Å². The van der Waals surface area contributed by atoms with Crippen molar-refractivity contribution in [2.45, 2.75) is 18.2 Å². The number of aryl methyl sites for hydroxylation is 1. The van der Waals surface area contributed by atoms with Gasteiger partial charge in [-0.3, -0.25) is 4.79 Å². The molecule has 0 unspecified atom stereocenters. The SMILES string of the molecule is CCc1ccc(S(=O)(=O)C=CC(N)=O)cc1. The highest BCUT2D eigenvalue weighted by Crippen LogP contribution is 2.13. The summed E-state index contributed by atoms with van der Waals surface area (Å²) >= 11 is 0. The lowest BCUT2D eigenvalue weighted by Crippen LogP contribution is -2.07. The van der Waals surface area contributed by atoms with Crippen LogP contribution in [-0.4, -0.2) is 14.3 Å². The van der Waals surface area contributed by atoms with Crippen LogP contribution in [0.2, 0.25) is 0 Å². The highest BCUT2D eigenvalue weighted by molar-refractivity contribution is 7.94. The smallest absolute Gasteiger partial charge is 0.242 e. The molecule has 86 valence electrons. The first-order valence-corrected chi connectivity index (χ1v) is 6.32. The highest BCUT2D eigenvalue weighted by atomic mass is 32.2. The molecule has 2 N–H and O–H groups in total. The van der Waals surface area contributed by atoms with Crippen LogP contribution >= 0.6 is 0 Å². The van der Waals surface area contributed by atoms with Gasteiger partial charge >= 0.3 is 0 Å². The van der Waals surface area contributed by atoms with Crippen LogP contribution in [0.5, 0.6) is 0 Å². The molecule has 0 spiro atoms. The van der Waals surface area contributed by atoms with E-state index in [4.69, 9.17) is 5.73 Å². The molecule has 1 aromatic rings. The van der Waals surface area contributed by atoms with Crippen LogP contribution in [0, 0.1) is 0 Å². The number of sulfone groups is 1. The molecule has 0 atom stereocenters. The Kier molecular flexibility index (Phi) is 3.84. The molecule has 0 bridgehead atoms. The van der Waals surface area contributed by atoms with Gasteiger partial charge in [0.25, 0.3) is 0 Å². The molecule has 0 aromatic heterocycles. The van der Waals surface area contributed by atoms with Gasteiger partial charge in [0.2, 0.25) is 5.91 Å². The third-order valence-electron chi connectivity index (χ3n) is 2.07. The van der Waals surface area contributed by atoms with E-state index in [1.165, 1.54) is 12.1 Å². The zero-order valence-corrected chi connectivity index (χ0v) is 9.70. The van der Waals surface area contributed by atoms with E-state index in [-0.39, 0.29) is 4.90 Å². The number of hydrogen-bond donors (Lipinski definition) is 1. The molecular formula is C11H13NO3S. The summed E-state index contributed by atoms with van der Waals surface area (Å²) in [6.45, 7) is 1.98. The lowest BCUT2D eigenvalue weighted by molar-refractivity contribution is -0.113. The molecule has 5 heteroatoms. The maximum Gasteiger partial charge on any atom is 0.242 e. The first kappa shape index (κ1) is 12.4. The second-order valence-corrected chi connectivity index (χ2v) is 5.08. The minimum Gasteiger partial charge on any atom is -0.366 e. The molecule has 1 rings (SSSR count). The normalized spacial score (nSPS) is 11.8. The molecule has 0 aliphatic carbocycles. The Morgan fingerprint density at radius 1 is 1.31 bits per heavy atom. The van der Waals surface area contributed by atoms with Gasteiger partial charge in [-0.15, -0.1) is 0 Å². The van der Waals surface area contributed by atoms with E-state index in [1.54, 1.807) is 12.1 Å². The summed E-state index contributed by atoms with van der Waals surface area (Å²) < 4.78 is 23.3. The first-order valence-electron chi connectivity index (χ1n) is 4.77. The average Bonchev–Trinajstić information content (AvgIpc) is 2.27. The van der Waals surface area contributed by atoms with Crippen molar-refractivity contribution in [3.63, 3.8) is 0 Å². The van der Waals surface area contributed by atoms with E-state index < -0.39 is 15.7 Å². The second-order valence-electron chi connectivity index (χ2n) is 3.25. The van der Waals surface area contributed by atoms with Crippen LogP contribution in [0.4, 0.5) is 0 Å². The van der Waals surface area contributed by atoms with Crippen LogP contribution in [0.3, 0.4) is 0 Å². The molecule has 4 nitrogen and oxygen atoms in total. The Bertz CT molecular complexity index is 501. The van der Waals surface area contributed by atoms with Gasteiger partial charge in [-0.25, -0.2) is 8.42 Å². The van der Waals surface area contributed by atoms with E-state index in [0.717, 1.165) is 23.5 Å². The van der Waals surface area contributed by atoms with Gasteiger partial charge in [-0.2, -0.15) is 0 Å². The topological polar surface area (TPSA) is 77.2 Å². The Hall–Kier alpha value is -1.62. The van der Waals surface area contributed by atoms with Crippen molar-refractivity contribution in [2.24, 2.45) is 5.73 Å². The fourth-order valence-corrected chi connectivity index (χ4v) is 2.14. The summed E-state index contributed by atoms with van der Waals surface area (Å²) in [4.78, 5) is 10.6. The number of primary amides is 1. The van der Waals surface area contributed by atoms with E-state index in [0.29, 0.717) is 0 Å². The molecule has 0 aliphatic rings. The van der Waals surface area contributed by atoms with Crippen LogP contribution in [-0.2, 0) is 21.1 Å². The summed E-state index contributed by atoms with van der Waals surface area (Å²) in [5.74, 6) is -0.784. The number of carbonyl (C=O) groups excluding carboxylic acids is 1. The minimum atomic E-state index is -3.56. The average molecular weight is 239 g/mol. The number of carbonyl (C=O) groups is 1. The number of nitrogens with two attached hydrogens (primary N) is 1. The maximum atomic E-state index is 11.6. The lowest BCUT2D eigenvalue weighted by Gasteiger charge is -2.00. The van der Waals surface area contributed by atoms with E-state index in [9.17, 15) is 13.2 Å². The molecule has 0 saturated heterocycles. The predicted molar refractivity (Wildman–Crippen MR) is 61.3 cm³/mol. The van der Waals surface area contributed by atoms with E-state index in [1.807, 2.05) is 6.92 Å². The number of rotatable bonds is 4. The zero-order valence-electron chi connectivity index (χ0n) is 8.88. The van der Waals surface area contributed by atoms with E-state index >= 15 is 0 Å². The predicted octanol–water partition coefficient (Wildman–Crippen LogP) is 1.02. The molecule has 1 amide bonds. The van der Waals surface area contributed by atoms with Gasteiger partial charge in [-0.1, -0.05) is 19.1 Å². The van der Waals surface area contributed by atoms with E-state index in [2.05, 4.69) is 0 Å². The molecule has 0 fully saturated rings. The van der Waals surface area contributed by atoms with Gasteiger partial charge in [0.15, 0.2) is 9.84 Å². The quantitative estimate of drug-likeness (QED) is 0.797. The molecular weight excluding hydrogens is 226 g/mol. The number of benzene rings is 1. The van der Waals surface area contributed by atoms with Crippen molar-refractivity contribution >= 4 is 15.7 Å². The van der Waals surface area contributed by atoms with Crippen molar-refractivity contribution in [3.8, 4) is 0 Å². The van der Waals surface area contributed by atoms with Crippen LogP contribution in [0.1, 0.15) is 12.5 Å². The standard InChI is InChI=1S/C11H13NO3S/c1-2-9-3-5-10(6-4-9)16(14,15)8-7-11(12)13/h3-8H,2H2,1H3,(H2,12,13). The summed E-state index contributed by atoms with van der Waals surface area (Å²) in [5, 5.41) is 0.816. The van der Waals surface area contributed by atoms with Crippen LogP contribution in [0.25, 0.3) is 0 Å². The maximum absolute atomic E-state index is 11.6. The first-order chi connectivity index (χ1) is 7.45. The Labute approximate surface area is 94.7 Å². The minimum absolute atomic E-state index is 0.155. The summed E-state index contributed by atoms with van der Waals surface area (Å²) in [6, 6.07) is 6.51. The van der Waals surface area contributed by atoms with Crippen LogP contribution < -0.4 is 5.73 Å². The van der Waals surface area contributed by atoms with Crippen molar-refractivity contribution in [2.75, 3.05) is 0 Å².